The fourth-order valence-corrected chi connectivity index (χ4v) is 3.78. The first kappa shape index (κ1) is 19.1. The number of nitrogens with zero attached hydrogens (tertiary/aromatic N) is 4. The molecular weight excluding hydrogens is 386 g/mol. The topological polar surface area (TPSA) is 81.4 Å². The molecule has 0 bridgehead atoms. The molecule has 1 amide bonds. The van der Waals surface area contributed by atoms with Gasteiger partial charge < -0.3 is 10.1 Å². The van der Waals surface area contributed by atoms with Crippen LogP contribution in [0, 0.1) is 13.8 Å². The number of rotatable bonds is 6. The van der Waals surface area contributed by atoms with Crippen LogP contribution >= 0.6 is 11.3 Å². The summed E-state index contributed by atoms with van der Waals surface area (Å²) in [4.78, 5) is 13.0. The van der Waals surface area contributed by atoms with E-state index >= 15 is 0 Å². The normalized spacial score (nSPS) is 11.0. The molecule has 0 saturated carbocycles. The summed E-state index contributed by atoms with van der Waals surface area (Å²) >= 11 is 1.49. The number of fused-ring (bicyclic) bond motifs is 1. The molecule has 7 nitrogen and oxygen atoms in total. The highest BCUT2D eigenvalue weighted by atomic mass is 32.1. The molecule has 0 aliphatic carbocycles. The highest BCUT2D eigenvalue weighted by Crippen LogP contribution is 2.26. The van der Waals surface area contributed by atoms with Gasteiger partial charge in [0.05, 0.1) is 0 Å². The molecule has 2 aromatic carbocycles. The van der Waals surface area contributed by atoms with E-state index in [9.17, 15) is 4.79 Å². The van der Waals surface area contributed by atoms with Crippen LogP contribution < -0.4 is 10.1 Å². The molecular formula is C21H21N5O2S. The van der Waals surface area contributed by atoms with Crippen LogP contribution in [-0.2, 0) is 11.2 Å². The standard InChI is InChI=1S/C21H21N5O2S/c1-4-18-23-24-21-26(18)25-20(29-21)15-8-10-16(11-9-15)22-19(27)12-28-17-7-5-6-13(2)14(17)3/h5-11H,4,12H2,1-3H3,(H,22,27). The van der Waals surface area contributed by atoms with Gasteiger partial charge in [0, 0.05) is 17.7 Å². The van der Waals surface area contributed by atoms with Crippen molar-refractivity contribution in [2.24, 2.45) is 0 Å². The third-order valence-electron chi connectivity index (χ3n) is 4.70. The van der Waals surface area contributed by atoms with Gasteiger partial charge in [0.25, 0.3) is 5.91 Å². The number of carbonyl (C=O) groups is 1. The third kappa shape index (κ3) is 3.97. The van der Waals surface area contributed by atoms with E-state index in [2.05, 4.69) is 20.6 Å². The maximum absolute atomic E-state index is 12.2. The van der Waals surface area contributed by atoms with Crippen molar-refractivity contribution in [2.45, 2.75) is 27.2 Å². The van der Waals surface area contributed by atoms with Crippen LogP contribution in [-0.4, -0.2) is 32.3 Å². The Morgan fingerprint density at radius 3 is 2.69 bits per heavy atom. The first-order chi connectivity index (χ1) is 14.0. The second-order valence-corrected chi connectivity index (χ2v) is 7.64. The summed E-state index contributed by atoms with van der Waals surface area (Å²) in [6, 6.07) is 13.4. The fourth-order valence-electron chi connectivity index (χ4n) is 2.91. The molecule has 1 N–H and O–H groups in total. The molecule has 0 radical (unpaired) electrons. The number of aryl methyl sites for hydroxylation is 2. The van der Waals surface area contributed by atoms with Crippen LogP contribution in [0.5, 0.6) is 5.75 Å². The smallest absolute Gasteiger partial charge is 0.262 e. The first-order valence-corrected chi connectivity index (χ1v) is 10.2. The lowest BCUT2D eigenvalue weighted by atomic mass is 10.1. The van der Waals surface area contributed by atoms with Gasteiger partial charge in [0.1, 0.15) is 10.8 Å². The lowest BCUT2D eigenvalue weighted by Gasteiger charge is -2.11. The Kier molecular flexibility index (Phi) is 5.26. The van der Waals surface area contributed by atoms with Gasteiger partial charge in [-0.15, -0.1) is 10.2 Å². The lowest BCUT2D eigenvalue weighted by molar-refractivity contribution is -0.118. The van der Waals surface area contributed by atoms with Crippen molar-refractivity contribution in [3.63, 3.8) is 0 Å². The van der Waals surface area contributed by atoms with Gasteiger partial charge in [-0.3, -0.25) is 4.79 Å². The van der Waals surface area contributed by atoms with E-state index < -0.39 is 0 Å². The summed E-state index contributed by atoms with van der Waals surface area (Å²) in [5.74, 6) is 1.37. The summed E-state index contributed by atoms with van der Waals surface area (Å²) in [5.41, 5.74) is 3.85. The number of nitrogens with one attached hydrogen (secondary N) is 1. The summed E-state index contributed by atoms with van der Waals surface area (Å²) in [6.07, 6.45) is 0.777. The van der Waals surface area contributed by atoms with E-state index in [0.29, 0.717) is 5.69 Å². The predicted molar refractivity (Wildman–Crippen MR) is 114 cm³/mol. The molecule has 4 aromatic rings. The molecule has 4 rings (SSSR count). The van der Waals surface area contributed by atoms with E-state index in [0.717, 1.165) is 44.7 Å². The second-order valence-electron chi connectivity index (χ2n) is 6.68. The molecule has 2 aromatic heterocycles. The van der Waals surface area contributed by atoms with E-state index in [1.165, 1.54) is 11.3 Å². The Labute approximate surface area is 172 Å². The monoisotopic (exact) mass is 407 g/mol. The van der Waals surface area contributed by atoms with Gasteiger partial charge >= 0.3 is 0 Å². The van der Waals surface area contributed by atoms with Gasteiger partial charge in [-0.05, 0) is 55.3 Å². The van der Waals surface area contributed by atoms with Crippen molar-refractivity contribution < 1.29 is 9.53 Å². The zero-order chi connectivity index (χ0) is 20.4. The second kappa shape index (κ2) is 8.00. The molecule has 0 saturated heterocycles. The number of carbonyl (C=O) groups excluding carboxylic acids is 1. The minimum absolute atomic E-state index is 0.0392. The average Bonchev–Trinajstić information content (AvgIpc) is 3.30. The number of anilines is 1. The lowest BCUT2D eigenvalue weighted by Crippen LogP contribution is -2.20. The van der Waals surface area contributed by atoms with Crippen molar-refractivity contribution in [3.8, 4) is 16.3 Å². The molecule has 148 valence electrons. The van der Waals surface area contributed by atoms with Crippen LogP contribution in [0.25, 0.3) is 15.5 Å². The molecule has 0 atom stereocenters. The molecule has 29 heavy (non-hydrogen) atoms. The first-order valence-electron chi connectivity index (χ1n) is 9.35. The number of amides is 1. The van der Waals surface area contributed by atoms with Gasteiger partial charge in [0.2, 0.25) is 4.96 Å². The largest absolute Gasteiger partial charge is 0.483 e. The van der Waals surface area contributed by atoms with Crippen LogP contribution in [0.15, 0.2) is 42.5 Å². The Morgan fingerprint density at radius 2 is 1.93 bits per heavy atom. The highest BCUT2D eigenvalue weighted by molar-refractivity contribution is 7.19. The van der Waals surface area contributed by atoms with Crippen LogP contribution in [0.2, 0.25) is 0 Å². The Bertz CT molecular complexity index is 1160. The van der Waals surface area contributed by atoms with Crippen molar-refractivity contribution in [1.82, 2.24) is 19.8 Å². The van der Waals surface area contributed by atoms with Crippen molar-refractivity contribution in [1.29, 1.82) is 0 Å². The number of hydrogen-bond donors (Lipinski definition) is 1. The number of ether oxygens (including phenoxy) is 1. The summed E-state index contributed by atoms with van der Waals surface area (Å²) < 4.78 is 7.43. The zero-order valence-electron chi connectivity index (χ0n) is 16.5. The van der Waals surface area contributed by atoms with Crippen molar-refractivity contribution >= 4 is 27.9 Å². The maximum atomic E-state index is 12.2. The summed E-state index contributed by atoms with van der Waals surface area (Å²) in [6.45, 7) is 5.99. The number of hydrogen-bond acceptors (Lipinski definition) is 6. The van der Waals surface area contributed by atoms with E-state index in [1.807, 2.05) is 63.2 Å². The Balaban J connectivity index is 1.40. The number of benzene rings is 2. The molecule has 0 aliphatic heterocycles. The summed E-state index contributed by atoms with van der Waals surface area (Å²) in [7, 11) is 0. The van der Waals surface area contributed by atoms with E-state index in [1.54, 1.807) is 4.52 Å². The SMILES string of the molecule is CCc1nnc2sc(-c3ccc(NC(=O)COc4cccc(C)c4C)cc3)nn12. The van der Waals surface area contributed by atoms with Crippen LogP contribution in [0.1, 0.15) is 23.9 Å². The highest BCUT2D eigenvalue weighted by Gasteiger charge is 2.12. The molecule has 8 heteroatoms. The maximum Gasteiger partial charge on any atom is 0.262 e. The number of aromatic nitrogens is 4. The molecule has 0 unspecified atom stereocenters. The minimum atomic E-state index is -0.204. The minimum Gasteiger partial charge on any atom is -0.483 e. The Morgan fingerprint density at radius 1 is 1.14 bits per heavy atom. The average molecular weight is 407 g/mol. The van der Waals surface area contributed by atoms with Crippen LogP contribution in [0.4, 0.5) is 5.69 Å². The van der Waals surface area contributed by atoms with Gasteiger partial charge in [0.15, 0.2) is 12.4 Å². The van der Waals surface area contributed by atoms with Crippen molar-refractivity contribution in [2.75, 3.05) is 11.9 Å². The molecule has 0 spiro atoms. The fraction of sp³-hybridized carbons (Fsp3) is 0.238. The Hall–Kier alpha value is -3.26. The van der Waals surface area contributed by atoms with E-state index in [-0.39, 0.29) is 12.5 Å². The summed E-state index contributed by atoms with van der Waals surface area (Å²) in [5, 5.41) is 16.6. The predicted octanol–water partition coefficient (Wildman–Crippen LogP) is 4.05. The quantitative estimate of drug-likeness (QED) is 0.521. The molecule has 0 fully saturated rings. The molecule has 2 heterocycles. The third-order valence-corrected chi connectivity index (χ3v) is 5.65. The zero-order valence-corrected chi connectivity index (χ0v) is 17.3. The van der Waals surface area contributed by atoms with E-state index in [4.69, 9.17) is 4.74 Å². The van der Waals surface area contributed by atoms with Crippen LogP contribution in [0.3, 0.4) is 0 Å². The van der Waals surface area contributed by atoms with Gasteiger partial charge in [-0.1, -0.05) is 30.4 Å². The van der Waals surface area contributed by atoms with Gasteiger partial charge in [-0.25, -0.2) is 0 Å². The molecule has 0 aliphatic rings. The van der Waals surface area contributed by atoms with Gasteiger partial charge in [-0.2, -0.15) is 9.61 Å². The van der Waals surface area contributed by atoms with Crippen molar-refractivity contribution in [3.05, 3.63) is 59.4 Å².